The van der Waals surface area contributed by atoms with Crippen LogP contribution < -0.4 is 5.32 Å². The number of amides is 1. The number of rotatable bonds is 6. The van der Waals surface area contributed by atoms with E-state index >= 15 is 0 Å². The maximum absolute atomic E-state index is 14.2. The molecule has 1 saturated heterocycles. The highest BCUT2D eigenvalue weighted by Gasteiger charge is 2.30. The van der Waals surface area contributed by atoms with Gasteiger partial charge >= 0.3 is 0 Å². The third kappa shape index (κ3) is 4.04. The first-order valence-electron chi connectivity index (χ1n) is 10.1. The molecule has 2 aromatic rings. The molecule has 1 N–H and O–H groups in total. The molecule has 0 radical (unpaired) electrons. The monoisotopic (exact) mass is 430 g/mol. The van der Waals surface area contributed by atoms with Gasteiger partial charge in [-0.15, -0.1) is 0 Å². The van der Waals surface area contributed by atoms with Crippen molar-refractivity contribution in [2.45, 2.75) is 38.9 Å². The number of pyridine rings is 1. The fourth-order valence-electron chi connectivity index (χ4n) is 4.19. The average molecular weight is 431 g/mol. The summed E-state index contributed by atoms with van der Waals surface area (Å²) in [4.78, 5) is 31.1. The number of allylic oxidation sites excluding steroid dienone is 3. The van der Waals surface area contributed by atoms with E-state index in [1.807, 2.05) is 12.1 Å². The van der Waals surface area contributed by atoms with Crippen LogP contribution in [0.2, 0.25) is 0 Å². The van der Waals surface area contributed by atoms with E-state index in [0.29, 0.717) is 30.6 Å². The third-order valence-corrected chi connectivity index (χ3v) is 6.07. The summed E-state index contributed by atoms with van der Waals surface area (Å²) in [6.07, 6.45) is 8.96. The first-order chi connectivity index (χ1) is 14.5. The van der Waals surface area contributed by atoms with E-state index in [0.717, 1.165) is 18.4 Å². The van der Waals surface area contributed by atoms with Crippen molar-refractivity contribution in [2.75, 3.05) is 13.1 Å². The molecule has 2 aliphatic rings. The molecule has 1 aliphatic heterocycles. The highest BCUT2D eigenvalue weighted by molar-refractivity contribution is 6.31. The molecule has 8 heteroatoms. The van der Waals surface area contributed by atoms with Gasteiger partial charge in [-0.2, -0.15) is 0 Å². The molecule has 1 amide bonds. The number of carbonyl (C=O) groups is 2. The fraction of sp³-hybridized carbons (Fsp3) is 0.409. The number of fused-ring (bicyclic) bond motifs is 1. The van der Waals surface area contributed by atoms with Gasteiger partial charge in [0.15, 0.2) is 5.78 Å². The predicted octanol–water partition coefficient (Wildman–Crippen LogP) is 3.77. The summed E-state index contributed by atoms with van der Waals surface area (Å²) in [6, 6.07) is 3.65. The van der Waals surface area contributed by atoms with Crippen LogP contribution in [0.3, 0.4) is 0 Å². The topological polar surface area (TPSA) is 67.2 Å². The van der Waals surface area contributed by atoms with Gasteiger partial charge in [-0.3, -0.25) is 19.9 Å². The maximum atomic E-state index is 14.2. The van der Waals surface area contributed by atoms with Crippen LogP contribution in [0.4, 0.5) is 4.39 Å². The molecule has 1 fully saturated rings. The van der Waals surface area contributed by atoms with Gasteiger partial charge in [-0.1, -0.05) is 17.7 Å². The second-order valence-corrected chi connectivity index (χ2v) is 8.19. The van der Waals surface area contributed by atoms with Crippen molar-refractivity contribution in [2.24, 2.45) is 5.92 Å². The van der Waals surface area contributed by atoms with E-state index in [4.69, 9.17) is 11.6 Å². The smallest absolute Gasteiger partial charge is 0.243 e. The van der Waals surface area contributed by atoms with E-state index in [1.165, 1.54) is 6.92 Å². The minimum Gasteiger partial charge on any atom is -0.336 e. The zero-order valence-corrected chi connectivity index (χ0v) is 17.5. The molecule has 158 valence electrons. The van der Waals surface area contributed by atoms with E-state index in [2.05, 4.69) is 10.3 Å². The second kappa shape index (κ2) is 8.70. The molecule has 0 bridgehead atoms. The number of ketones is 1. The van der Waals surface area contributed by atoms with Gasteiger partial charge in [0.05, 0.1) is 27.8 Å². The van der Waals surface area contributed by atoms with Crippen molar-refractivity contribution in [3.8, 4) is 0 Å². The first kappa shape index (κ1) is 20.8. The van der Waals surface area contributed by atoms with Gasteiger partial charge in [-0.25, -0.2) is 4.39 Å². The zero-order chi connectivity index (χ0) is 21.3. The first-order valence-corrected chi connectivity index (χ1v) is 10.5. The van der Waals surface area contributed by atoms with Crippen LogP contribution in [0.25, 0.3) is 11.0 Å². The average Bonchev–Trinajstić information content (AvgIpc) is 3.34. The Balaban J connectivity index is 1.45. The largest absolute Gasteiger partial charge is 0.336 e. The van der Waals surface area contributed by atoms with Crippen LogP contribution >= 0.6 is 11.6 Å². The number of halogens is 2. The second-order valence-electron chi connectivity index (χ2n) is 7.78. The lowest BCUT2D eigenvalue weighted by Gasteiger charge is -2.28. The van der Waals surface area contributed by atoms with Gasteiger partial charge in [0, 0.05) is 31.4 Å². The van der Waals surface area contributed by atoms with Crippen LogP contribution in [0.5, 0.6) is 0 Å². The Labute approximate surface area is 179 Å². The van der Waals surface area contributed by atoms with Crippen LogP contribution in [-0.2, 0) is 11.3 Å². The Morgan fingerprint density at radius 2 is 2.23 bits per heavy atom. The van der Waals surface area contributed by atoms with Crippen molar-refractivity contribution < 1.29 is 14.0 Å². The highest BCUT2D eigenvalue weighted by Crippen LogP contribution is 2.29. The van der Waals surface area contributed by atoms with Crippen LogP contribution in [-0.4, -0.2) is 45.4 Å². The molecule has 6 nitrogen and oxygen atoms in total. The number of hydrogen-bond acceptors (Lipinski definition) is 4. The summed E-state index contributed by atoms with van der Waals surface area (Å²) in [5.41, 5.74) is 1.88. The van der Waals surface area contributed by atoms with Gasteiger partial charge in [-0.05, 0) is 44.4 Å². The maximum Gasteiger partial charge on any atom is 0.243 e. The van der Waals surface area contributed by atoms with E-state index in [1.54, 1.807) is 34.0 Å². The Morgan fingerprint density at radius 3 is 3.03 bits per heavy atom. The summed E-state index contributed by atoms with van der Waals surface area (Å²) in [5.74, 6) is -0.734. The number of nitrogens with zero attached hydrogens (tertiary/aromatic N) is 3. The number of hydrogen-bond donors (Lipinski definition) is 1. The predicted molar refractivity (Wildman–Crippen MR) is 114 cm³/mol. The number of aromatic nitrogens is 2. The fourth-order valence-corrected chi connectivity index (χ4v) is 4.43. The van der Waals surface area contributed by atoms with Gasteiger partial charge in [0.1, 0.15) is 12.4 Å². The van der Waals surface area contributed by atoms with Crippen molar-refractivity contribution in [1.82, 2.24) is 19.8 Å². The molecule has 0 aromatic carbocycles. The molecule has 2 aromatic heterocycles. The molecule has 3 heterocycles. The van der Waals surface area contributed by atoms with Crippen molar-refractivity contribution >= 4 is 34.3 Å². The molecular weight excluding hydrogens is 407 g/mol. The normalized spacial score (nSPS) is 21.6. The standard InChI is InChI=1S/C22H24ClFN4O2/c1-14(29)16-12-27(18-7-3-9-25-22(16)18)13-20(30)28-10-4-8-19(28)26-11-15-5-2-6-17(23)21(15)24/h2-3,6-7,9,12,15,19,26H,4-5,8,10-11,13H2,1H3. The number of nitrogens with one attached hydrogen (secondary N) is 1. The van der Waals surface area contributed by atoms with Crippen molar-refractivity contribution in [1.29, 1.82) is 0 Å². The highest BCUT2D eigenvalue weighted by atomic mass is 35.5. The van der Waals surface area contributed by atoms with Crippen LogP contribution in [0.15, 0.2) is 47.5 Å². The lowest BCUT2D eigenvalue weighted by atomic mass is 9.99. The molecular formula is C22H24ClFN4O2. The minimum atomic E-state index is -0.308. The van der Waals surface area contributed by atoms with Crippen LogP contribution in [0.1, 0.15) is 36.5 Å². The lowest BCUT2D eigenvalue weighted by Crippen LogP contribution is -2.47. The van der Waals surface area contributed by atoms with E-state index in [9.17, 15) is 14.0 Å². The third-order valence-electron chi connectivity index (χ3n) is 5.77. The number of likely N-dealkylation sites (tertiary alicyclic amines) is 1. The number of carbonyl (C=O) groups excluding carboxylic acids is 2. The summed E-state index contributed by atoms with van der Waals surface area (Å²) in [7, 11) is 0. The van der Waals surface area contributed by atoms with Crippen molar-refractivity contribution in [3.63, 3.8) is 0 Å². The number of Topliss-reactive ketones (excluding diaryl/α,β-unsaturated/α-hetero) is 1. The SMILES string of the molecule is CC(=O)c1cn(CC(=O)N2CCCC2NCC2CC=CC(Cl)=C2F)c2cccnc12. The summed E-state index contributed by atoms with van der Waals surface area (Å²) < 4.78 is 16.0. The molecule has 2 unspecified atom stereocenters. The van der Waals surface area contributed by atoms with Gasteiger partial charge < -0.3 is 9.47 Å². The molecule has 30 heavy (non-hydrogen) atoms. The molecule has 1 aliphatic carbocycles. The zero-order valence-electron chi connectivity index (χ0n) is 16.8. The Morgan fingerprint density at radius 1 is 1.40 bits per heavy atom. The van der Waals surface area contributed by atoms with E-state index in [-0.39, 0.29) is 41.2 Å². The molecule has 0 spiro atoms. The molecule has 2 atom stereocenters. The summed E-state index contributed by atoms with van der Waals surface area (Å²) >= 11 is 5.89. The Bertz CT molecular complexity index is 1040. The lowest BCUT2D eigenvalue weighted by molar-refractivity contribution is -0.133. The van der Waals surface area contributed by atoms with Gasteiger partial charge in [0.25, 0.3) is 0 Å². The Hall–Kier alpha value is -2.51. The summed E-state index contributed by atoms with van der Waals surface area (Å²) in [6.45, 7) is 2.69. The molecule has 0 saturated carbocycles. The Kier molecular flexibility index (Phi) is 6.01. The minimum absolute atomic E-state index is 0.0431. The quantitative estimate of drug-likeness (QED) is 0.708. The van der Waals surface area contributed by atoms with Crippen molar-refractivity contribution in [3.05, 3.63) is 53.1 Å². The molecule has 4 rings (SSSR count). The van der Waals surface area contributed by atoms with Gasteiger partial charge in [0.2, 0.25) is 5.91 Å². The summed E-state index contributed by atoms with van der Waals surface area (Å²) in [5, 5.41) is 3.50. The van der Waals surface area contributed by atoms with Crippen LogP contribution in [0, 0.1) is 5.92 Å². The van der Waals surface area contributed by atoms with E-state index < -0.39 is 0 Å².